The van der Waals surface area contributed by atoms with Crippen LogP contribution < -0.4 is 4.90 Å². The molecule has 0 N–H and O–H groups in total. The van der Waals surface area contributed by atoms with Crippen molar-refractivity contribution >= 4 is 49.4 Å². The van der Waals surface area contributed by atoms with Gasteiger partial charge in [0.05, 0.1) is 5.41 Å². The summed E-state index contributed by atoms with van der Waals surface area (Å²) in [5, 5.41) is 7.68. The van der Waals surface area contributed by atoms with Crippen LogP contribution in [0.25, 0.3) is 76.8 Å². The third-order valence-corrected chi connectivity index (χ3v) is 17.0. The minimum Gasteiger partial charge on any atom is -0.310 e. The van der Waals surface area contributed by atoms with Crippen molar-refractivity contribution in [3.8, 4) is 44.5 Å². The van der Waals surface area contributed by atoms with E-state index in [4.69, 9.17) is 0 Å². The van der Waals surface area contributed by atoms with Crippen molar-refractivity contribution in [3.63, 3.8) is 0 Å². The molecule has 15 rings (SSSR count). The van der Waals surface area contributed by atoms with E-state index in [2.05, 4.69) is 303 Å². The van der Waals surface area contributed by atoms with Crippen molar-refractivity contribution in [1.82, 2.24) is 0 Å². The summed E-state index contributed by atoms with van der Waals surface area (Å²) in [4.78, 5) is 2.50. The molecule has 1 nitrogen and oxygen atoms in total. The summed E-state index contributed by atoms with van der Waals surface area (Å²) in [6.45, 7) is 2.43. The molecule has 76 heavy (non-hydrogen) atoms. The molecule has 1 heteroatoms. The monoisotopic (exact) mass is 965 g/mol. The van der Waals surface area contributed by atoms with Crippen molar-refractivity contribution in [2.75, 3.05) is 4.90 Å². The first-order valence-electron chi connectivity index (χ1n) is 26.6. The second kappa shape index (κ2) is 17.3. The summed E-state index contributed by atoms with van der Waals surface area (Å²) in [6, 6.07) is 109. The van der Waals surface area contributed by atoms with Gasteiger partial charge in [-0.2, -0.15) is 0 Å². The van der Waals surface area contributed by atoms with Gasteiger partial charge in [0.15, 0.2) is 0 Å². The highest BCUT2D eigenvalue weighted by atomic mass is 15.1. The fourth-order valence-corrected chi connectivity index (χ4v) is 13.6. The molecule has 1 unspecified atom stereocenters. The van der Waals surface area contributed by atoms with Crippen LogP contribution in [0.1, 0.15) is 45.9 Å². The maximum Gasteiger partial charge on any atom is 0.0714 e. The number of hydrogen-bond acceptors (Lipinski definition) is 1. The van der Waals surface area contributed by atoms with Crippen LogP contribution in [0.15, 0.2) is 291 Å². The zero-order valence-corrected chi connectivity index (χ0v) is 42.2. The van der Waals surface area contributed by atoms with Crippen molar-refractivity contribution < 1.29 is 0 Å². The van der Waals surface area contributed by atoms with E-state index in [1.165, 1.54) is 116 Å². The van der Waals surface area contributed by atoms with Gasteiger partial charge in [-0.05, 0) is 165 Å². The lowest BCUT2D eigenvalue weighted by atomic mass is 9.67. The molecule has 0 spiro atoms. The van der Waals surface area contributed by atoms with Crippen molar-refractivity contribution in [1.29, 1.82) is 0 Å². The Kier molecular flexibility index (Phi) is 9.99. The summed E-state index contributed by atoms with van der Waals surface area (Å²) in [6.07, 6.45) is 0. The van der Waals surface area contributed by atoms with Crippen molar-refractivity contribution in [2.45, 2.75) is 17.8 Å². The van der Waals surface area contributed by atoms with Crippen molar-refractivity contribution in [3.05, 3.63) is 330 Å². The number of anilines is 3. The lowest BCUT2D eigenvalue weighted by molar-refractivity contribution is 0.714. The Morgan fingerprint density at radius 3 is 1.33 bits per heavy atom. The molecule has 0 saturated heterocycles. The van der Waals surface area contributed by atoms with Crippen LogP contribution >= 0.6 is 0 Å². The topological polar surface area (TPSA) is 3.24 Å². The average Bonchev–Trinajstić information content (AvgIpc) is 4.03. The molecule has 0 aliphatic heterocycles. The Bertz CT molecular complexity index is 4310. The van der Waals surface area contributed by atoms with E-state index >= 15 is 0 Å². The van der Waals surface area contributed by atoms with Gasteiger partial charge in [-0.25, -0.2) is 0 Å². The van der Waals surface area contributed by atoms with Crippen molar-refractivity contribution in [2.24, 2.45) is 0 Å². The van der Waals surface area contributed by atoms with Gasteiger partial charge in [0.1, 0.15) is 0 Å². The first-order valence-corrected chi connectivity index (χ1v) is 26.6. The Hall–Kier alpha value is -9.56. The van der Waals surface area contributed by atoms with E-state index < -0.39 is 10.8 Å². The standard InChI is InChI=1S/C75H51N/c1-74(53-23-8-3-9-24-53)70-36-20-34-59(51-21-6-2-7-22-51)73(70)67-46-43-57(48-71(67)74)76(56-40-37-50(38-41-56)52-39-44-64-62-31-15-14-29-60(62)61-30-16-17-32-63(61)68(64)47-52)58-42-45-66-65-33-18-19-35-69(65)75(72(66)49-58,54-25-10-4-11-26-54)55-27-12-5-13-28-55/h2-49H,1H3. The highest BCUT2D eigenvalue weighted by molar-refractivity contribution is 6.25. The van der Waals surface area contributed by atoms with Crippen LogP contribution in [-0.4, -0.2) is 0 Å². The van der Waals surface area contributed by atoms with Gasteiger partial charge >= 0.3 is 0 Å². The van der Waals surface area contributed by atoms with Gasteiger partial charge in [0.25, 0.3) is 0 Å². The summed E-state index contributed by atoms with van der Waals surface area (Å²) >= 11 is 0. The van der Waals surface area contributed by atoms with E-state index in [9.17, 15) is 0 Å². The molecule has 13 aromatic rings. The van der Waals surface area contributed by atoms with Gasteiger partial charge in [-0.1, -0.05) is 249 Å². The number of fused-ring (bicyclic) bond motifs is 12. The molecule has 0 aromatic heterocycles. The Morgan fingerprint density at radius 1 is 0.250 bits per heavy atom. The van der Waals surface area contributed by atoms with E-state index in [1.54, 1.807) is 0 Å². The predicted molar refractivity (Wildman–Crippen MR) is 319 cm³/mol. The van der Waals surface area contributed by atoms with E-state index in [0.717, 1.165) is 17.1 Å². The molecule has 1 atom stereocenters. The third kappa shape index (κ3) is 6.46. The van der Waals surface area contributed by atoms with Crippen LogP contribution in [0.4, 0.5) is 17.1 Å². The Morgan fingerprint density at radius 2 is 0.697 bits per heavy atom. The minimum absolute atomic E-state index is 0.427. The van der Waals surface area contributed by atoms with Crippen LogP contribution in [0.5, 0.6) is 0 Å². The van der Waals surface area contributed by atoms with E-state index in [0.29, 0.717) is 0 Å². The fourth-order valence-electron chi connectivity index (χ4n) is 13.6. The molecule has 356 valence electrons. The first kappa shape index (κ1) is 44.0. The van der Waals surface area contributed by atoms with Crippen LogP contribution in [0, 0.1) is 0 Å². The molecule has 2 aliphatic rings. The first-order chi connectivity index (χ1) is 37.6. The maximum atomic E-state index is 2.50. The SMILES string of the molecule is CC1(c2ccccc2)c2cc(N(c3ccc(-c4ccc5c6ccccc6c6ccccc6c5c4)cc3)c3ccc4c(c3)C(c3ccccc3)(c3ccccc3)c3ccccc3-4)ccc2-c2c(-c3ccccc3)cccc21. The molecule has 0 fully saturated rings. The largest absolute Gasteiger partial charge is 0.310 e. The normalized spacial score (nSPS) is 14.8. The summed E-state index contributed by atoms with van der Waals surface area (Å²) in [7, 11) is 0. The Labute approximate surface area is 444 Å². The quantitative estimate of drug-likeness (QED) is 0.137. The lowest BCUT2D eigenvalue weighted by Gasteiger charge is -2.35. The van der Waals surface area contributed by atoms with Gasteiger partial charge in [0.2, 0.25) is 0 Å². The summed E-state index contributed by atoms with van der Waals surface area (Å²) in [5.41, 5.74) is 21.2. The second-order valence-electron chi connectivity index (χ2n) is 20.8. The zero-order valence-electron chi connectivity index (χ0n) is 42.2. The molecule has 0 radical (unpaired) electrons. The van der Waals surface area contributed by atoms with Crippen LogP contribution in [-0.2, 0) is 10.8 Å². The summed E-state index contributed by atoms with van der Waals surface area (Å²) < 4.78 is 0. The predicted octanol–water partition coefficient (Wildman–Crippen LogP) is 19.6. The van der Waals surface area contributed by atoms with Gasteiger partial charge in [-0.3, -0.25) is 0 Å². The molecular weight excluding hydrogens is 915 g/mol. The lowest BCUT2D eigenvalue weighted by Crippen LogP contribution is -2.28. The number of rotatable bonds is 8. The highest BCUT2D eigenvalue weighted by Gasteiger charge is 2.47. The molecule has 0 saturated carbocycles. The van der Waals surface area contributed by atoms with Crippen LogP contribution in [0.3, 0.4) is 0 Å². The molecular formula is C75H51N. The average molecular weight is 966 g/mol. The van der Waals surface area contributed by atoms with Gasteiger partial charge < -0.3 is 4.90 Å². The molecule has 2 aliphatic carbocycles. The number of hydrogen-bond donors (Lipinski definition) is 0. The zero-order chi connectivity index (χ0) is 50.4. The molecule has 0 bridgehead atoms. The fraction of sp³-hybridized carbons (Fsp3) is 0.0400. The third-order valence-electron chi connectivity index (χ3n) is 17.0. The van der Waals surface area contributed by atoms with Gasteiger partial charge in [-0.15, -0.1) is 0 Å². The number of nitrogens with zero attached hydrogens (tertiary/aromatic N) is 1. The summed E-state index contributed by atoms with van der Waals surface area (Å²) in [5.74, 6) is 0. The molecule has 0 heterocycles. The van der Waals surface area contributed by atoms with Crippen LogP contribution in [0.2, 0.25) is 0 Å². The maximum absolute atomic E-state index is 2.50. The number of benzene rings is 13. The van der Waals surface area contributed by atoms with E-state index in [1.807, 2.05) is 0 Å². The molecule has 13 aromatic carbocycles. The minimum atomic E-state index is -0.551. The molecule has 0 amide bonds. The van der Waals surface area contributed by atoms with Gasteiger partial charge in [0, 0.05) is 22.5 Å². The second-order valence-corrected chi connectivity index (χ2v) is 20.8. The smallest absolute Gasteiger partial charge is 0.0714 e. The Balaban J connectivity index is 0.953. The highest BCUT2D eigenvalue weighted by Crippen LogP contribution is 2.59. The van der Waals surface area contributed by atoms with E-state index in [-0.39, 0.29) is 0 Å².